The highest BCUT2D eigenvalue weighted by atomic mass is 31.2. The maximum Gasteiger partial charge on any atom is 0.320 e. The Labute approximate surface area is 222 Å². The summed E-state index contributed by atoms with van der Waals surface area (Å²) in [5.74, 6) is -1.34. The number of nitrogens with zero attached hydrogens (tertiary/aromatic N) is 4. The second kappa shape index (κ2) is 11.3. The monoisotopic (exact) mass is 561 g/mol. The number of amides is 2. The molecule has 2 aromatic heterocycles. The molecule has 2 fully saturated rings. The lowest BCUT2D eigenvalue weighted by Gasteiger charge is -2.25. The van der Waals surface area contributed by atoms with Crippen molar-refractivity contribution >= 4 is 36.6 Å². The van der Waals surface area contributed by atoms with Crippen molar-refractivity contribution in [1.29, 1.82) is 0 Å². The van der Waals surface area contributed by atoms with E-state index in [9.17, 15) is 19.0 Å². The van der Waals surface area contributed by atoms with Crippen LogP contribution in [0.5, 0.6) is 0 Å². The van der Waals surface area contributed by atoms with E-state index in [1.165, 1.54) is 12.7 Å². The Morgan fingerprint density at radius 1 is 1.15 bits per heavy atom. The van der Waals surface area contributed by atoms with E-state index in [2.05, 4.69) is 25.6 Å². The first-order valence-corrected chi connectivity index (χ1v) is 13.9. The van der Waals surface area contributed by atoms with Crippen LogP contribution in [0, 0.1) is 0 Å². The minimum atomic E-state index is -4.66. The molecular weight excluding hydrogens is 535 g/mol. The maximum atomic E-state index is 12.1. The van der Waals surface area contributed by atoms with Crippen LogP contribution >= 0.6 is 7.60 Å². The lowest BCUT2D eigenvalue weighted by atomic mass is 10.1. The van der Waals surface area contributed by atoms with Gasteiger partial charge in [-0.15, -0.1) is 0 Å². The van der Waals surface area contributed by atoms with Crippen molar-refractivity contribution in [3.8, 4) is 0 Å². The van der Waals surface area contributed by atoms with E-state index >= 15 is 0 Å². The van der Waals surface area contributed by atoms with Gasteiger partial charge in [0.15, 0.2) is 29.5 Å². The van der Waals surface area contributed by atoms with Crippen molar-refractivity contribution in [3.63, 3.8) is 0 Å². The van der Waals surface area contributed by atoms with Crippen LogP contribution in [0.2, 0.25) is 0 Å². The molecule has 208 valence electrons. The fourth-order valence-electron chi connectivity index (χ4n) is 4.50. The van der Waals surface area contributed by atoms with Crippen molar-refractivity contribution in [2.24, 2.45) is 0 Å². The molecule has 0 radical (unpaired) electrons. The Morgan fingerprint density at radius 3 is 2.67 bits per heavy atom. The van der Waals surface area contributed by atoms with Crippen LogP contribution < -0.4 is 15.5 Å². The molecule has 0 saturated carbocycles. The number of nitrogens with one attached hydrogen (secondary N) is 2. The summed E-state index contributed by atoms with van der Waals surface area (Å²) in [7, 11) is -4.66. The number of carboxylic acid groups (broad SMARTS) is 1. The molecule has 1 aromatic carbocycles. The second-order valence-electron chi connectivity index (χ2n) is 8.88. The average molecular weight is 561 g/mol. The van der Waals surface area contributed by atoms with Crippen LogP contribution in [0.1, 0.15) is 18.7 Å². The Bertz CT molecular complexity index is 1390. The molecule has 0 spiro atoms. The zero-order chi connectivity index (χ0) is 27.6. The summed E-state index contributed by atoms with van der Waals surface area (Å²) in [6, 6.07) is 9.08. The van der Waals surface area contributed by atoms with E-state index in [-0.39, 0.29) is 5.82 Å². The number of carbonyl (C=O) groups excluding carboxylic acids is 1. The molecule has 2 saturated heterocycles. The summed E-state index contributed by atoms with van der Waals surface area (Å²) < 4.78 is 37.1. The van der Waals surface area contributed by atoms with Crippen LogP contribution in [0.15, 0.2) is 43.0 Å². The molecule has 2 amide bonds. The van der Waals surface area contributed by atoms with Gasteiger partial charge in [0.2, 0.25) is 0 Å². The smallest absolute Gasteiger partial charge is 0.320 e. The first-order valence-electron chi connectivity index (χ1n) is 12.1. The van der Waals surface area contributed by atoms with Gasteiger partial charge in [-0.1, -0.05) is 30.3 Å². The molecule has 3 aromatic rings. The van der Waals surface area contributed by atoms with Gasteiger partial charge in [-0.2, -0.15) is 0 Å². The molecule has 0 bridgehead atoms. The molecule has 0 aliphatic carbocycles. The second-order valence-corrected chi connectivity index (χ2v) is 10.7. The highest BCUT2D eigenvalue weighted by Crippen LogP contribution is 2.44. The van der Waals surface area contributed by atoms with Gasteiger partial charge in [-0.3, -0.25) is 14.7 Å². The number of imidazole rings is 1. The first kappa shape index (κ1) is 27.1. The molecule has 16 heteroatoms. The minimum absolute atomic E-state index is 0.186. The van der Waals surface area contributed by atoms with E-state index < -0.39 is 63.2 Å². The van der Waals surface area contributed by atoms with Gasteiger partial charge in [0.25, 0.3) is 0 Å². The topological polar surface area (TPSA) is 199 Å². The standard InChI is InChI=1S/C23H27N6O9P/c1-2-24-23(32)28-20-17-21(26-11-25-20)29(12-27-17)22-19-18(14(36-22)9-35-39(33,34)10-15(30)31)37-16(38-19)8-13-6-4-3-5-7-13/h3-7,11-12,14,16,18-19,22H,2,8-10H2,1H3,(H,30,31)(H,33,34)(H2,24,25,26,28,32)/p-1/t14-,16?,18?,19+,22-/m1/s1. The summed E-state index contributed by atoms with van der Waals surface area (Å²) in [6.07, 6.45) is -1.88. The molecule has 2 aliphatic rings. The predicted molar refractivity (Wildman–Crippen MR) is 132 cm³/mol. The number of carbonyl (C=O) groups is 2. The van der Waals surface area contributed by atoms with Crippen molar-refractivity contribution in [1.82, 2.24) is 24.8 Å². The van der Waals surface area contributed by atoms with Gasteiger partial charge in [0.1, 0.15) is 38.4 Å². The Balaban J connectivity index is 1.40. The van der Waals surface area contributed by atoms with Crippen molar-refractivity contribution < 1.29 is 42.9 Å². The first-order chi connectivity index (χ1) is 18.7. The van der Waals surface area contributed by atoms with Gasteiger partial charge in [0, 0.05) is 13.0 Å². The number of benzene rings is 1. The number of urea groups is 1. The third-order valence-electron chi connectivity index (χ3n) is 6.12. The van der Waals surface area contributed by atoms with Crippen LogP contribution in [0.3, 0.4) is 0 Å². The number of fused-ring (bicyclic) bond motifs is 2. The Morgan fingerprint density at radius 2 is 1.92 bits per heavy atom. The van der Waals surface area contributed by atoms with E-state index in [0.717, 1.165) is 5.56 Å². The van der Waals surface area contributed by atoms with Crippen LogP contribution in [0.4, 0.5) is 10.6 Å². The highest BCUT2D eigenvalue weighted by Gasteiger charge is 2.54. The van der Waals surface area contributed by atoms with Gasteiger partial charge in [-0.05, 0) is 12.5 Å². The van der Waals surface area contributed by atoms with Crippen LogP contribution in [-0.2, 0) is 34.5 Å². The summed E-state index contributed by atoms with van der Waals surface area (Å²) >= 11 is 0. The van der Waals surface area contributed by atoms with E-state index in [1.54, 1.807) is 11.5 Å². The van der Waals surface area contributed by atoms with E-state index in [0.29, 0.717) is 24.1 Å². The Kier molecular flexibility index (Phi) is 7.88. The van der Waals surface area contributed by atoms with Gasteiger partial charge < -0.3 is 38.6 Å². The van der Waals surface area contributed by atoms with Crippen LogP contribution in [0.25, 0.3) is 11.2 Å². The van der Waals surface area contributed by atoms with Gasteiger partial charge in [0.05, 0.1) is 12.9 Å². The molecule has 5 rings (SSSR count). The number of aliphatic carboxylic acids is 1. The zero-order valence-electron chi connectivity index (χ0n) is 20.7. The van der Waals surface area contributed by atoms with Crippen molar-refractivity contribution in [2.75, 3.05) is 24.6 Å². The molecule has 6 atom stereocenters. The molecule has 39 heavy (non-hydrogen) atoms. The molecule has 4 heterocycles. The van der Waals surface area contributed by atoms with Crippen molar-refractivity contribution in [2.45, 2.75) is 44.2 Å². The number of anilines is 1. The van der Waals surface area contributed by atoms with E-state index in [4.69, 9.17) is 23.8 Å². The lowest BCUT2D eigenvalue weighted by Crippen LogP contribution is -2.32. The van der Waals surface area contributed by atoms with Crippen molar-refractivity contribution in [3.05, 3.63) is 48.5 Å². The van der Waals surface area contributed by atoms with E-state index in [1.807, 2.05) is 30.3 Å². The normalized spacial score (nSPS) is 25.7. The fourth-order valence-corrected chi connectivity index (χ4v) is 5.30. The maximum absolute atomic E-state index is 12.1. The SMILES string of the molecule is CCNC(=O)Nc1ncnc2c1ncn2[C@@H]1O[C@H](COP(=O)([O-])CC(=O)O)C2OC(Cc3ccccc3)O[C@@H]21. The number of hydrogen-bond donors (Lipinski definition) is 3. The third kappa shape index (κ3) is 6.08. The largest absolute Gasteiger partial charge is 0.778 e. The van der Waals surface area contributed by atoms with Gasteiger partial charge >= 0.3 is 12.0 Å². The van der Waals surface area contributed by atoms with Crippen LogP contribution in [-0.4, -0.2) is 80.5 Å². The number of ether oxygens (including phenoxy) is 3. The predicted octanol–water partition coefficient (Wildman–Crippen LogP) is 0.873. The average Bonchev–Trinajstić information content (AvgIpc) is 3.57. The quantitative estimate of drug-likeness (QED) is 0.296. The summed E-state index contributed by atoms with van der Waals surface area (Å²) in [5, 5.41) is 14.1. The summed E-state index contributed by atoms with van der Waals surface area (Å²) in [5.41, 5.74) is 1.60. The minimum Gasteiger partial charge on any atom is -0.778 e. The number of hydrogen-bond acceptors (Lipinski definition) is 11. The van der Waals surface area contributed by atoms with Gasteiger partial charge in [-0.25, -0.2) is 19.7 Å². The molecular formula is C23H26N6O9P-. The fraction of sp³-hybridized carbons (Fsp3) is 0.435. The highest BCUT2D eigenvalue weighted by molar-refractivity contribution is 7.52. The third-order valence-corrected chi connectivity index (χ3v) is 7.32. The Hall–Kier alpha value is -3.46. The molecule has 15 nitrogen and oxygen atoms in total. The summed E-state index contributed by atoms with van der Waals surface area (Å²) in [6.45, 7) is 1.72. The summed E-state index contributed by atoms with van der Waals surface area (Å²) in [4.78, 5) is 47.8. The number of rotatable bonds is 10. The number of aromatic nitrogens is 4. The molecule has 2 aliphatic heterocycles. The molecule has 3 N–H and O–H groups in total. The lowest BCUT2D eigenvalue weighted by molar-refractivity contribution is -0.204. The number of carboxylic acids is 1. The zero-order valence-corrected chi connectivity index (χ0v) is 21.6. The molecule has 3 unspecified atom stereocenters.